The molecule has 0 saturated heterocycles. The Hall–Kier alpha value is -1.15. The first kappa shape index (κ1) is 9.93. The molecule has 0 aromatic heterocycles. The molecule has 0 radical (unpaired) electrons. The van der Waals surface area contributed by atoms with E-state index in [0.29, 0.717) is 12.3 Å². The molecular weight excluding hydrogens is 186 g/mol. The van der Waals surface area contributed by atoms with Crippen LogP contribution in [0.25, 0.3) is 0 Å². The van der Waals surface area contributed by atoms with Crippen molar-refractivity contribution in [3.63, 3.8) is 0 Å². The highest BCUT2D eigenvalue weighted by Crippen LogP contribution is 2.25. The molecule has 0 heterocycles. The molecule has 2 N–H and O–H groups in total. The number of ether oxygens (including phenoxy) is 1. The van der Waals surface area contributed by atoms with Crippen LogP contribution in [0.2, 0.25) is 0 Å². The van der Waals surface area contributed by atoms with Crippen molar-refractivity contribution in [1.29, 1.82) is 0 Å². The Morgan fingerprint density at radius 1 is 1.54 bits per heavy atom. The van der Waals surface area contributed by atoms with E-state index in [1.165, 1.54) is 5.54 Å². The van der Waals surface area contributed by atoms with Gasteiger partial charge in [-0.2, -0.15) is 0 Å². The van der Waals surface area contributed by atoms with Crippen LogP contribution in [0.4, 0.5) is 5.69 Å². The molecule has 70 valence electrons. The van der Waals surface area contributed by atoms with E-state index in [1.54, 1.807) is 6.08 Å². The first-order valence-corrected chi connectivity index (χ1v) is 4.42. The predicted octanol–water partition coefficient (Wildman–Crippen LogP) is 2.71. The van der Waals surface area contributed by atoms with Gasteiger partial charge in [-0.3, -0.25) is 0 Å². The molecule has 0 spiro atoms. The molecule has 3 heteroatoms. The molecule has 0 bridgehead atoms. The van der Waals surface area contributed by atoms with E-state index >= 15 is 0 Å². The molecule has 0 aliphatic rings. The lowest BCUT2D eigenvalue weighted by atomic mass is 10.2. The molecule has 1 aromatic carbocycles. The fourth-order valence-corrected chi connectivity index (χ4v) is 1.11. The lowest BCUT2D eigenvalue weighted by Gasteiger charge is -2.09. The van der Waals surface area contributed by atoms with Crippen molar-refractivity contribution >= 4 is 17.3 Å². The quantitative estimate of drug-likeness (QED) is 0.757. The highest BCUT2D eigenvalue weighted by molar-refractivity contribution is 6.25. The summed E-state index contributed by atoms with van der Waals surface area (Å²) in [6.07, 6.45) is 1.72. The summed E-state index contributed by atoms with van der Waals surface area (Å²) in [7, 11) is 0. The Bertz CT molecular complexity index is 290. The van der Waals surface area contributed by atoms with Gasteiger partial charge in [0.15, 0.2) is 0 Å². The van der Waals surface area contributed by atoms with Gasteiger partial charge in [-0.1, -0.05) is 23.7 Å². The second-order valence-electron chi connectivity index (χ2n) is 2.67. The summed E-state index contributed by atoms with van der Waals surface area (Å²) in [6, 6.07) is 5.66. The predicted molar refractivity (Wildman–Crippen MR) is 56.1 cm³/mol. The Morgan fingerprint density at radius 3 is 2.92 bits per heavy atom. The topological polar surface area (TPSA) is 35.2 Å². The van der Waals surface area contributed by atoms with E-state index in [2.05, 4.69) is 0 Å². The SMILES string of the molecule is Cc1cccc(N)c1OC/C=C/Cl. The largest absolute Gasteiger partial charge is 0.487 e. The van der Waals surface area contributed by atoms with Gasteiger partial charge in [0, 0.05) is 5.54 Å². The van der Waals surface area contributed by atoms with E-state index in [-0.39, 0.29) is 0 Å². The third-order valence-corrected chi connectivity index (χ3v) is 1.83. The van der Waals surface area contributed by atoms with Crippen LogP contribution < -0.4 is 10.5 Å². The molecule has 1 aromatic rings. The standard InChI is InChI=1S/C10H12ClNO/c1-8-4-2-5-9(12)10(8)13-7-3-6-11/h2-6H,7,12H2,1H3/b6-3+. The van der Waals surface area contributed by atoms with Crippen LogP contribution in [0.3, 0.4) is 0 Å². The molecule has 0 unspecified atom stereocenters. The Labute approximate surface area is 83.0 Å². The van der Waals surface area contributed by atoms with Crippen LogP contribution in [0, 0.1) is 6.92 Å². The average Bonchev–Trinajstić information content (AvgIpc) is 2.10. The molecule has 2 nitrogen and oxygen atoms in total. The number of nitrogens with two attached hydrogens (primary N) is 1. The lowest BCUT2D eigenvalue weighted by Crippen LogP contribution is -1.99. The van der Waals surface area contributed by atoms with Gasteiger partial charge in [0.05, 0.1) is 5.69 Å². The summed E-state index contributed by atoms with van der Waals surface area (Å²) in [5.74, 6) is 0.734. The maximum atomic E-state index is 5.72. The third-order valence-electron chi connectivity index (χ3n) is 1.66. The number of hydrogen-bond donors (Lipinski definition) is 1. The third kappa shape index (κ3) is 2.67. The van der Waals surface area contributed by atoms with E-state index in [0.717, 1.165) is 11.3 Å². The summed E-state index contributed by atoms with van der Waals surface area (Å²) < 4.78 is 5.41. The fraction of sp³-hybridized carbons (Fsp3) is 0.200. The Morgan fingerprint density at radius 2 is 2.31 bits per heavy atom. The van der Waals surface area contributed by atoms with E-state index < -0.39 is 0 Å². The van der Waals surface area contributed by atoms with Crippen LogP contribution in [0.1, 0.15) is 5.56 Å². The van der Waals surface area contributed by atoms with Crippen molar-refractivity contribution in [3.8, 4) is 5.75 Å². The minimum atomic E-state index is 0.443. The minimum Gasteiger partial charge on any atom is -0.487 e. The van der Waals surface area contributed by atoms with Crippen molar-refractivity contribution in [2.45, 2.75) is 6.92 Å². The van der Waals surface area contributed by atoms with Crippen LogP contribution in [0.15, 0.2) is 29.8 Å². The molecular formula is C10H12ClNO. The van der Waals surface area contributed by atoms with Gasteiger partial charge in [-0.05, 0) is 24.6 Å². The monoisotopic (exact) mass is 197 g/mol. The van der Waals surface area contributed by atoms with Crippen molar-refractivity contribution in [1.82, 2.24) is 0 Å². The summed E-state index contributed by atoms with van der Waals surface area (Å²) >= 11 is 5.36. The van der Waals surface area contributed by atoms with Gasteiger partial charge in [-0.25, -0.2) is 0 Å². The first-order valence-electron chi connectivity index (χ1n) is 3.99. The van der Waals surface area contributed by atoms with Gasteiger partial charge in [-0.15, -0.1) is 0 Å². The maximum Gasteiger partial charge on any atom is 0.145 e. The van der Waals surface area contributed by atoms with Crippen molar-refractivity contribution in [2.75, 3.05) is 12.3 Å². The van der Waals surface area contributed by atoms with Gasteiger partial charge >= 0.3 is 0 Å². The number of hydrogen-bond acceptors (Lipinski definition) is 2. The second kappa shape index (κ2) is 4.77. The zero-order valence-electron chi connectivity index (χ0n) is 7.46. The highest BCUT2D eigenvalue weighted by atomic mass is 35.5. The Balaban J connectivity index is 2.75. The fourth-order valence-electron chi connectivity index (χ4n) is 1.04. The first-order chi connectivity index (χ1) is 6.25. The van der Waals surface area contributed by atoms with Gasteiger partial charge in [0.1, 0.15) is 12.4 Å². The zero-order valence-corrected chi connectivity index (χ0v) is 8.21. The number of nitrogen functional groups attached to an aromatic ring is 1. The lowest BCUT2D eigenvalue weighted by molar-refractivity contribution is 0.362. The molecule has 0 fully saturated rings. The van der Waals surface area contributed by atoms with Crippen LogP contribution in [-0.4, -0.2) is 6.61 Å². The normalized spacial score (nSPS) is 10.6. The summed E-state index contributed by atoms with van der Waals surface area (Å²) in [5, 5.41) is 0. The molecule has 0 aliphatic carbocycles. The number of benzene rings is 1. The molecule has 13 heavy (non-hydrogen) atoms. The maximum absolute atomic E-state index is 5.72. The summed E-state index contributed by atoms with van der Waals surface area (Å²) in [6.45, 7) is 2.40. The average molecular weight is 198 g/mol. The van der Waals surface area contributed by atoms with Gasteiger partial charge < -0.3 is 10.5 Å². The van der Waals surface area contributed by atoms with Gasteiger partial charge in [0.25, 0.3) is 0 Å². The Kier molecular flexibility index (Phi) is 3.65. The van der Waals surface area contributed by atoms with E-state index in [1.807, 2.05) is 25.1 Å². The van der Waals surface area contributed by atoms with Crippen molar-refractivity contribution in [3.05, 3.63) is 35.4 Å². The number of halogens is 1. The molecule has 0 aliphatic heterocycles. The summed E-state index contributed by atoms with van der Waals surface area (Å²) in [4.78, 5) is 0. The van der Waals surface area contributed by atoms with Crippen molar-refractivity contribution < 1.29 is 4.74 Å². The molecule has 0 saturated carbocycles. The van der Waals surface area contributed by atoms with Gasteiger partial charge in [0.2, 0.25) is 0 Å². The molecule has 0 atom stereocenters. The van der Waals surface area contributed by atoms with E-state index in [9.17, 15) is 0 Å². The molecule has 0 amide bonds. The zero-order chi connectivity index (χ0) is 9.68. The number of para-hydroxylation sites is 1. The van der Waals surface area contributed by atoms with E-state index in [4.69, 9.17) is 22.1 Å². The van der Waals surface area contributed by atoms with Crippen LogP contribution in [-0.2, 0) is 0 Å². The van der Waals surface area contributed by atoms with Crippen LogP contribution in [0.5, 0.6) is 5.75 Å². The van der Waals surface area contributed by atoms with Crippen molar-refractivity contribution in [2.24, 2.45) is 0 Å². The van der Waals surface area contributed by atoms with Crippen LogP contribution >= 0.6 is 11.6 Å². The second-order valence-corrected chi connectivity index (χ2v) is 2.92. The smallest absolute Gasteiger partial charge is 0.145 e. The molecule has 1 rings (SSSR count). The number of anilines is 1. The minimum absolute atomic E-state index is 0.443. The number of rotatable bonds is 3. The summed E-state index contributed by atoms with van der Waals surface area (Å²) in [5.41, 5.74) is 8.83. The number of aryl methyl sites for hydroxylation is 1. The highest BCUT2D eigenvalue weighted by Gasteiger charge is 2.01.